The second-order valence-electron chi connectivity index (χ2n) is 4.21. The van der Waals surface area contributed by atoms with Gasteiger partial charge in [-0.3, -0.25) is 14.5 Å². The smallest absolute Gasteiger partial charge is 0.250 e. The summed E-state index contributed by atoms with van der Waals surface area (Å²) in [5.41, 5.74) is 0.0294. The fraction of sp³-hybridized carbons (Fsp3) is 0.333. The molecule has 2 atom stereocenters. The van der Waals surface area contributed by atoms with Gasteiger partial charge >= 0.3 is 0 Å². The van der Waals surface area contributed by atoms with Crippen LogP contribution in [0.25, 0.3) is 0 Å². The molecule has 2 amide bonds. The Kier molecular flexibility index (Phi) is 3.26. The summed E-state index contributed by atoms with van der Waals surface area (Å²) in [5.74, 6) is -1.26. The van der Waals surface area contributed by atoms with Gasteiger partial charge in [0.1, 0.15) is 17.9 Å². The molecule has 0 radical (unpaired) electrons. The first-order valence-electron chi connectivity index (χ1n) is 5.50. The number of benzene rings is 1. The highest BCUT2D eigenvalue weighted by Gasteiger charge is 2.37. The molecule has 0 aliphatic carbocycles. The zero-order valence-corrected chi connectivity index (χ0v) is 10.7. The fourth-order valence-electron chi connectivity index (χ4n) is 1.91. The predicted molar refractivity (Wildman–Crippen MR) is 66.0 cm³/mol. The lowest BCUT2D eigenvalue weighted by atomic mass is 10.1. The van der Waals surface area contributed by atoms with E-state index in [1.807, 2.05) is 0 Å². The van der Waals surface area contributed by atoms with Gasteiger partial charge in [0.15, 0.2) is 0 Å². The molecule has 18 heavy (non-hydrogen) atoms. The van der Waals surface area contributed by atoms with E-state index in [4.69, 9.17) is 11.6 Å². The molecule has 6 heteroatoms. The van der Waals surface area contributed by atoms with Gasteiger partial charge in [-0.25, -0.2) is 4.39 Å². The summed E-state index contributed by atoms with van der Waals surface area (Å²) in [7, 11) is 0. The Morgan fingerprint density at radius 2 is 2.00 bits per heavy atom. The zero-order valence-electron chi connectivity index (χ0n) is 9.91. The van der Waals surface area contributed by atoms with E-state index in [0.717, 1.165) is 4.90 Å². The van der Waals surface area contributed by atoms with E-state index in [-0.39, 0.29) is 17.5 Å². The first-order chi connectivity index (χ1) is 8.41. The highest BCUT2D eigenvalue weighted by Crippen LogP contribution is 2.27. The quantitative estimate of drug-likeness (QED) is 0.845. The Balaban J connectivity index is 2.49. The molecular formula is C12H12ClFN2O2. The summed E-state index contributed by atoms with van der Waals surface area (Å²) in [6, 6.07) is 2.47. The number of anilines is 1. The van der Waals surface area contributed by atoms with E-state index < -0.39 is 17.9 Å². The third-order valence-electron chi connectivity index (χ3n) is 2.90. The molecule has 1 heterocycles. The van der Waals surface area contributed by atoms with Crippen LogP contribution in [0.4, 0.5) is 10.1 Å². The lowest BCUT2D eigenvalue weighted by Crippen LogP contribution is -2.62. The minimum absolute atomic E-state index is 0.0294. The minimum atomic E-state index is -0.762. The van der Waals surface area contributed by atoms with Gasteiger partial charge < -0.3 is 5.32 Å². The van der Waals surface area contributed by atoms with Gasteiger partial charge in [-0.05, 0) is 32.0 Å². The monoisotopic (exact) mass is 270 g/mol. The molecule has 1 fully saturated rings. The van der Waals surface area contributed by atoms with Crippen LogP contribution in [0.2, 0.25) is 5.02 Å². The number of piperazine rings is 1. The molecule has 0 saturated carbocycles. The lowest BCUT2D eigenvalue weighted by molar-refractivity contribution is -0.133. The average Bonchev–Trinajstić information content (AvgIpc) is 2.31. The summed E-state index contributed by atoms with van der Waals surface area (Å²) in [4.78, 5) is 24.9. The molecule has 0 spiro atoms. The van der Waals surface area contributed by atoms with Gasteiger partial charge in [0.2, 0.25) is 11.8 Å². The number of nitrogens with zero attached hydrogens (tertiary/aromatic N) is 1. The molecule has 2 unspecified atom stereocenters. The molecule has 2 rings (SSSR count). The number of carbonyl (C=O) groups is 2. The van der Waals surface area contributed by atoms with Crippen molar-refractivity contribution in [2.75, 3.05) is 4.90 Å². The normalized spacial score (nSPS) is 24.1. The molecule has 1 N–H and O–H groups in total. The summed E-state index contributed by atoms with van der Waals surface area (Å²) in [5, 5.41) is 2.84. The third kappa shape index (κ3) is 2.06. The Morgan fingerprint density at radius 1 is 1.33 bits per heavy atom. The maximum Gasteiger partial charge on any atom is 0.250 e. The number of halogens is 2. The SMILES string of the molecule is CC1NC(=O)C(C)N(c2cc(Cl)ccc2F)C1=O. The van der Waals surface area contributed by atoms with Crippen molar-refractivity contribution in [3.05, 3.63) is 29.0 Å². The number of hydrogen-bond donors (Lipinski definition) is 1. The van der Waals surface area contributed by atoms with Crippen LogP contribution in [-0.2, 0) is 9.59 Å². The summed E-state index contributed by atoms with van der Waals surface area (Å²) < 4.78 is 13.8. The maximum atomic E-state index is 13.8. The van der Waals surface area contributed by atoms with E-state index in [0.29, 0.717) is 5.02 Å². The average molecular weight is 271 g/mol. The molecule has 1 aromatic carbocycles. The van der Waals surface area contributed by atoms with Crippen molar-refractivity contribution in [3.63, 3.8) is 0 Å². The molecule has 1 aromatic rings. The molecule has 0 aromatic heterocycles. The number of hydrogen-bond acceptors (Lipinski definition) is 2. The van der Waals surface area contributed by atoms with Crippen LogP contribution in [0, 0.1) is 5.82 Å². The van der Waals surface area contributed by atoms with Crippen molar-refractivity contribution >= 4 is 29.1 Å². The van der Waals surface area contributed by atoms with Crippen LogP contribution in [0.5, 0.6) is 0 Å². The van der Waals surface area contributed by atoms with Crippen molar-refractivity contribution in [2.24, 2.45) is 0 Å². The largest absolute Gasteiger partial charge is 0.343 e. The Bertz CT molecular complexity index is 521. The fourth-order valence-corrected chi connectivity index (χ4v) is 2.08. The molecular weight excluding hydrogens is 259 g/mol. The van der Waals surface area contributed by atoms with Gasteiger partial charge in [0.25, 0.3) is 0 Å². The number of carbonyl (C=O) groups excluding carboxylic acids is 2. The van der Waals surface area contributed by atoms with Crippen molar-refractivity contribution in [3.8, 4) is 0 Å². The number of rotatable bonds is 1. The maximum absolute atomic E-state index is 13.8. The standard InChI is InChI=1S/C12H12ClFN2O2/c1-6-12(18)16(7(2)11(17)15-6)10-5-8(13)3-4-9(10)14/h3-7H,1-2H3,(H,15,17). The first kappa shape index (κ1) is 12.8. The van der Waals surface area contributed by atoms with Crippen LogP contribution in [0.1, 0.15) is 13.8 Å². The second-order valence-corrected chi connectivity index (χ2v) is 4.65. The highest BCUT2D eigenvalue weighted by atomic mass is 35.5. The molecule has 0 bridgehead atoms. The van der Waals surface area contributed by atoms with Crippen molar-refractivity contribution in [1.82, 2.24) is 5.32 Å². The van der Waals surface area contributed by atoms with E-state index in [2.05, 4.69) is 5.32 Å². The second kappa shape index (κ2) is 4.57. The molecule has 1 saturated heterocycles. The third-order valence-corrected chi connectivity index (χ3v) is 3.14. The van der Waals surface area contributed by atoms with Gasteiger partial charge in [-0.1, -0.05) is 11.6 Å². The van der Waals surface area contributed by atoms with Gasteiger partial charge in [-0.2, -0.15) is 0 Å². The van der Waals surface area contributed by atoms with Gasteiger partial charge in [-0.15, -0.1) is 0 Å². The van der Waals surface area contributed by atoms with E-state index in [1.54, 1.807) is 13.8 Å². The lowest BCUT2D eigenvalue weighted by Gasteiger charge is -2.36. The van der Waals surface area contributed by atoms with Crippen molar-refractivity contribution in [2.45, 2.75) is 25.9 Å². The summed E-state index contributed by atoms with van der Waals surface area (Å²) in [6.45, 7) is 3.10. The topological polar surface area (TPSA) is 49.4 Å². The van der Waals surface area contributed by atoms with Crippen LogP contribution in [-0.4, -0.2) is 23.9 Å². The zero-order chi connectivity index (χ0) is 13.4. The summed E-state index contributed by atoms with van der Waals surface area (Å²) >= 11 is 5.80. The number of amides is 2. The van der Waals surface area contributed by atoms with Gasteiger partial charge in [0, 0.05) is 5.02 Å². The Labute approximate surface area is 109 Å². The van der Waals surface area contributed by atoms with Crippen molar-refractivity contribution in [1.29, 1.82) is 0 Å². The van der Waals surface area contributed by atoms with Crippen LogP contribution >= 0.6 is 11.6 Å². The Morgan fingerprint density at radius 3 is 2.67 bits per heavy atom. The number of nitrogens with one attached hydrogen (secondary N) is 1. The van der Waals surface area contributed by atoms with E-state index in [1.165, 1.54) is 18.2 Å². The van der Waals surface area contributed by atoms with Crippen LogP contribution in [0.15, 0.2) is 18.2 Å². The van der Waals surface area contributed by atoms with E-state index >= 15 is 0 Å². The minimum Gasteiger partial charge on any atom is -0.343 e. The summed E-state index contributed by atoms with van der Waals surface area (Å²) in [6.07, 6.45) is 0. The van der Waals surface area contributed by atoms with E-state index in [9.17, 15) is 14.0 Å². The van der Waals surface area contributed by atoms with Crippen LogP contribution in [0.3, 0.4) is 0 Å². The predicted octanol–water partition coefficient (Wildman–Crippen LogP) is 1.72. The van der Waals surface area contributed by atoms with Crippen LogP contribution < -0.4 is 10.2 Å². The molecule has 4 nitrogen and oxygen atoms in total. The molecule has 1 aliphatic heterocycles. The van der Waals surface area contributed by atoms with Gasteiger partial charge in [0.05, 0.1) is 5.69 Å². The molecule has 96 valence electrons. The first-order valence-corrected chi connectivity index (χ1v) is 5.88. The molecule has 1 aliphatic rings. The highest BCUT2D eigenvalue weighted by molar-refractivity contribution is 6.31. The van der Waals surface area contributed by atoms with Crippen molar-refractivity contribution < 1.29 is 14.0 Å². The Hall–Kier alpha value is -1.62.